The third-order valence-corrected chi connectivity index (χ3v) is 5.01. The number of ether oxygens (including phenoxy) is 1. The average molecular weight is 373 g/mol. The van der Waals surface area contributed by atoms with Crippen molar-refractivity contribution in [2.45, 2.75) is 19.4 Å². The summed E-state index contributed by atoms with van der Waals surface area (Å²) >= 11 is 1.56. The third-order valence-electron chi connectivity index (χ3n) is 4.14. The Morgan fingerprint density at radius 3 is 2.85 bits per heavy atom. The summed E-state index contributed by atoms with van der Waals surface area (Å²) in [7, 11) is 3.95. The number of nitrogens with zero attached hydrogens (tertiary/aromatic N) is 2. The predicted molar refractivity (Wildman–Crippen MR) is 104 cm³/mol. The van der Waals surface area contributed by atoms with Crippen molar-refractivity contribution in [3.63, 3.8) is 0 Å². The number of nitrogens with one attached hydrogen (secondary N) is 1. The second-order valence-corrected chi connectivity index (χ2v) is 7.57. The number of thiophene rings is 1. The maximum atomic E-state index is 12.5. The van der Waals surface area contributed by atoms with Gasteiger partial charge in [0.2, 0.25) is 5.91 Å². The van der Waals surface area contributed by atoms with Crippen LogP contribution in [-0.4, -0.2) is 50.0 Å². The summed E-state index contributed by atoms with van der Waals surface area (Å²) in [6.45, 7) is 3.10. The third kappa shape index (κ3) is 4.23. The molecule has 6 nitrogen and oxygen atoms in total. The Bertz CT molecular complexity index is 789. The summed E-state index contributed by atoms with van der Waals surface area (Å²) < 4.78 is 5.76. The molecule has 0 saturated carbocycles. The molecular formula is C19H23N3O3S. The molecule has 1 N–H and O–H groups in total. The van der Waals surface area contributed by atoms with Crippen LogP contribution in [0.2, 0.25) is 0 Å². The average Bonchev–Trinajstić information content (AvgIpc) is 3.08. The molecule has 1 atom stereocenters. The maximum absolute atomic E-state index is 12.5. The number of hydrogen-bond donors (Lipinski definition) is 1. The van der Waals surface area contributed by atoms with E-state index in [1.54, 1.807) is 35.3 Å². The molecule has 1 aliphatic heterocycles. The normalized spacial score (nSPS) is 16.4. The van der Waals surface area contributed by atoms with Crippen molar-refractivity contribution in [3.05, 3.63) is 40.6 Å². The van der Waals surface area contributed by atoms with Crippen LogP contribution in [0.5, 0.6) is 5.75 Å². The van der Waals surface area contributed by atoms with Gasteiger partial charge in [0.25, 0.3) is 5.91 Å². The van der Waals surface area contributed by atoms with E-state index >= 15 is 0 Å². The monoisotopic (exact) mass is 373 g/mol. The second-order valence-electron chi connectivity index (χ2n) is 6.54. The number of fused-ring (bicyclic) bond motifs is 1. The van der Waals surface area contributed by atoms with E-state index < -0.39 is 6.10 Å². The first-order chi connectivity index (χ1) is 12.4. The van der Waals surface area contributed by atoms with Crippen molar-refractivity contribution in [1.29, 1.82) is 0 Å². The number of rotatable bonds is 6. The van der Waals surface area contributed by atoms with Crippen LogP contribution < -0.4 is 15.0 Å². The molecule has 2 amide bonds. The van der Waals surface area contributed by atoms with Gasteiger partial charge in [0.1, 0.15) is 5.75 Å². The van der Waals surface area contributed by atoms with Crippen LogP contribution in [0.4, 0.5) is 11.4 Å². The summed E-state index contributed by atoms with van der Waals surface area (Å²) in [6, 6.07) is 9.29. The molecule has 1 aliphatic rings. The van der Waals surface area contributed by atoms with Crippen LogP contribution in [-0.2, 0) is 16.0 Å². The zero-order valence-electron chi connectivity index (χ0n) is 15.2. The molecule has 0 saturated heterocycles. The summed E-state index contributed by atoms with van der Waals surface area (Å²) in [5.41, 5.74) is 1.41. The zero-order valence-corrected chi connectivity index (χ0v) is 16.0. The van der Waals surface area contributed by atoms with Crippen molar-refractivity contribution in [1.82, 2.24) is 4.90 Å². The van der Waals surface area contributed by atoms with Crippen molar-refractivity contribution in [2.24, 2.45) is 0 Å². The fourth-order valence-electron chi connectivity index (χ4n) is 2.80. The molecular weight excluding hydrogens is 350 g/mol. The highest BCUT2D eigenvalue weighted by molar-refractivity contribution is 7.10. The van der Waals surface area contributed by atoms with E-state index in [0.717, 1.165) is 17.1 Å². The zero-order chi connectivity index (χ0) is 18.7. The minimum Gasteiger partial charge on any atom is -0.479 e. The molecule has 7 heteroatoms. The molecule has 0 spiro atoms. The lowest BCUT2D eigenvalue weighted by Crippen LogP contribution is -2.46. The molecule has 0 aliphatic carbocycles. The van der Waals surface area contributed by atoms with E-state index in [1.165, 1.54) is 0 Å². The second kappa shape index (κ2) is 7.88. The van der Waals surface area contributed by atoms with Crippen LogP contribution in [0.3, 0.4) is 0 Å². The summed E-state index contributed by atoms with van der Waals surface area (Å²) in [4.78, 5) is 29.4. The predicted octanol–water partition coefficient (Wildman–Crippen LogP) is 2.60. The van der Waals surface area contributed by atoms with Gasteiger partial charge in [-0.05, 0) is 44.6 Å². The Morgan fingerprint density at radius 2 is 2.15 bits per heavy atom. The number of likely N-dealkylation sites (N-methyl/N-ethyl adjacent to an activating group) is 1. The Kier molecular flexibility index (Phi) is 5.58. The Hall–Kier alpha value is -2.38. The maximum Gasteiger partial charge on any atom is 0.267 e. The molecule has 0 radical (unpaired) electrons. The van der Waals surface area contributed by atoms with Crippen LogP contribution >= 0.6 is 11.3 Å². The highest BCUT2D eigenvalue weighted by Gasteiger charge is 2.31. The molecule has 138 valence electrons. The first-order valence-electron chi connectivity index (χ1n) is 8.53. The van der Waals surface area contributed by atoms with Gasteiger partial charge in [-0.3, -0.25) is 9.59 Å². The summed E-state index contributed by atoms with van der Waals surface area (Å²) in [5.74, 6) is 0.496. The van der Waals surface area contributed by atoms with Crippen molar-refractivity contribution < 1.29 is 14.3 Å². The quantitative estimate of drug-likeness (QED) is 0.846. The largest absolute Gasteiger partial charge is 0.479 e. The van der Waals surface area contributed by atoms with Gasteiger partial charge in [0, 0.05) is 29.7 Å². The Labute approximate surface area is 157 Å². The molecule has 1 aromatic heterocycles. The number of benzene rings is 1. The SMILES string of the molecule is CC1Oc2cc(NC(=O)Cc3cccs3)ccc2N(CCN(C)C)C1=O. The molecule has 1 unspecified atom stereocenters. The molecule has 2 heterocycles. The van der Waals surface area contributed by atoms with E-state index in [2.05, 4.69) is 5.32 Å². The fourth-order valence-corrected chi connectivity index (χ4v) is 3.50. The lowest BCUT2D eigenvalue weighted by atomic mass is 10.1. The number of anilines is 2. The van der Waals surface area contributed by atoms with Gasteiger partial charge in [-0.25, -0.2) is 0 Å². The topological polar surface area (TPSA) is 61.9 Å². The Balaban J connectivity index is 1.75. The van der Waals surface area contributed by atoms with E-state index in [-0.39, 0.29) is 11.8 Å². The van der Waals surface area contributed by atoms with Gasteiger partial charge < -0.3 is 19.9 Å². The first kappa shape index (κ1) is 18.4. The molecule has 1 aromatic carbocycles. The highest BCUT2D eigenvalue weighted by Crippen LogP contribution is 2.36. The van der Waals surface area contributed by atoms with Crippen molar-refractivity contribution in [3.8, 4) is 5.75 Å². The minimum absolute atomic E-state index is 0.0474. The van der Waals surface area contributed by atoms with Crippen LogP contribution in [0.25, 0.3) is 0 Å². The fraction of sp³-hybridized carbons (Fsp3) is 0.368. The summed E-state index contributed by atoms with van der Waals surface area (Å²) in [5, 5.41) is 4.85. The molecule has 0 bridgehead atoms. The lowest BCUT2D eigenvalue weighted by Gasteiger charge is -2.34. The standard InChI is InChI=1S/C19H23N3O3S/c1-13-19(24)22(9-8-21(2)3)16-7-6-14(11-17(16)25-13)20-18(23)12-15-5-4-10-26-15/h4-7,10-11,13H,8-9,12H2,1-3H3,(H,20,23). The molecule has 26 heavy (non-hydrogen) atoms. The van der Waals surface area contributed by atoms with E-state index in [0.29, 0.717) is 24.4 Å². The van der Waals surface area contributed by atoms with Crippen LogP contribution in [0.1, 0.15) is 11.8 Å². The highest BCUT2D eigenvalue weighted by atomic mass is 32.1. The van der Waals surface area contributed by atoms with Gasteiger partial charge in [-0.15, -0.1) is 11.3 Å². The van der Waals surface area contributed by atoms with E-state index in [4.69, 9.17) is 4.74 Å². The number of hydrogen-bond acceptors (Lipinski definition) is 5. The van der Waals surface area contributed by atoms with Crippen molar-refractivity contribution >= 4 is 34.5 Å². The van der Waals surface area contributed by atoms with Gasteiger partial charge >= 0.3 is 0 Å². The van der Waals surface area contributed by atoms with Crippen LogP contribution in [0, 0.1) is 0 Å². The van der Waals surface area contributed by atoms with Gasteiger partial charge in [0.05, 0.1) is 12.1 Å². The van der Waals surface area contributed by atoms with E-state index in [9.17, 15) is 9.59 Å². The first-order valence-corrected chi connectivity index (χ1v) is 9.41. The molecule has 3 rings (SSSR count). The van der Waals surface area contributed by atoms with Gasteiger partial charge in [-0.1, -0.05) is 6.07 Å². The van der Waals surface area contributed by atoms with E-state index in [1.807, 2.05) is 42.6 Å². The molecule has 0 fully saturated rings. The minimum atomic E-state index is -0.540. The number of amides is 2. The number of carbonyl (C=O) groups excluding carboxylic acids is 2. The van der Waals surface area contributed by atoms with Crippen LogP contribution in [0.15, 0.2) is 35.7 Å². The van der Waals surface area contributed by atoms with Gasteiger partial charge in [-0.2, -0.15) is 0 Å². The van der Waals surface area contributed by atoms with Crippen molar-refractivity contribution in [2.75, 3.05) is 37.4 Å². The van der Waals surface area contributed by atoms with Gasteiger partial charge in [0.15, 0.2) is 6.10 Å². The Morgan fingerprint density at radius 1 is 1.35 bits per heavy atom. The number of carbonyl (C=O) groups is 2. The smallest absolute Gasteiger partial charge is 0.267 e. The lowest BCUT2D eigenvalue weighted by molar-refractivity contribution is -0.125. The summed E-state index contributed by atoms with van der Waals surface area (Å²) in [6.07, 6.45) is -0.193. The molecule has 2 aromatic rings.